The fourth-order valence-electron chi connectivity index (χ4n) is 2.42. The first kappa shape index (κ1) is 22.4. The summed E-state index contributed by atoms with van der Waals surface area (Å²) in [6, 6.07) is 3.06. The van der Waals surface area contributed by atoms with Gasteiger partial charge in [0.2, 0.25) is 0 Å². The number of allylic oxidation sites excluding steroid dienone is 1. The molecule has 27 heavy (non-hydrogen) atoms. The van der Waals surface area contributed by atoms with Gasteiger partial charge in [-0.05, 0) is 18.2 Å². The Hall–Kier alpha value is -2.62. The highest BCUT2D eigenvalue weighted by Crippen LogP contribution is 2.36. The molecule has 0 spiro atoms. The van der Waals surface area contributed by atoms with Crippen molar-refractivity contribution < 1.29 is 13.9 Å². The van der Waals surface area contributed by atoms with E-state index in [1.54, 1.807) is 7.05 Å². The predicted molar refractivity (Wildman–Crippen MR) is 108 cm³/mol. The molecule has 1 aromatic rings. The first-order chi connectivity index (χ1) is 13.0. The predicted octanol–water partition coefficient (Wildman–Crippen LogP) is 3.69. The average Bonchev–Trinajstić information content (AvgIpc) is 2.69. The van der Waals surface area contributed by atoms with Crippen molar-refractivity contribution in [1.82, 2.24) is 5.32 Å². The lowest BCUT2D eigenvalue weighted by Gasteiger charge is -2.27. The van der Waals surface area contributed by atoms with Crippen molar-refractivity contribution in [1.29, 1.82) is 0 Å². The van der Waals surface area contributed by atoms with Crippen molar-refractivity contribution in [3.63, 3.8) is 0 Å². The number of esters is 1. The van der Waals surface area contributed by atoms with E-state index in [0.717, 1.165) is 6.07 Å². The van der Waals surface area contributed by atoms with Crippen molar-refractivity contribution in [3.8, 4) is 12.8 Å². The Morgan fingerprint density at radius 1 is 1.52 bits per heavy atom. The van der Waals surface area contributed by atoms with Gasteiger partial charge in [0.1, 0.15) is 11.9 Å². The van der Waals surface area contributed by atoms with Gasteiger partial charge in [-0.1, -0.05) is 24.2 Å². The number of halogens is 3. The van der Waals surface area contributed by atoms with Gasteiger partial charge in [0.25, 0.3) is 0 Å². The summed E-state index contributed by atoms with van der Waals surface area (Å²) in [6.45, 7) is 3.69. The van der Waals surface area contributed by atoms with E-state index in [-0.39, 0.29) is 16.5 Å². The van der Waals surface area contributed by atoms with Gasteiger partial charge in [-0.15, -0.1) is 24.4 Å². The number of hydrogen-bond donors (Lipinski definition) is 1. The van der Waals surface area contributed by atoms with E-state index in [4.69, 9.17) is 27.9 Å². The van der Waals surface area contributed by atoms with Crippen LogP contribution in [0.2, 0.25) is 5.02 Å². The zero-order chi connectivity index (χ0) is 20.6. The van der Waals surface area contributed by atoms with Gasteiger partial charge in [0.15, 0.2) is 5.84 Å². The fraction of sp³-hybridized carbons (Fsp3) is 0.211. The minimum absolute atomic E-state index is 0.00685. The number of terminal acetylenes is 1. The van der Waals surface area contributed by atoms with Gasteiger partial charge in [0, 0.05) is 23.3 Å². The summed E-state index contributed by atoms with van der Waals surface area (Å²) in [5.74, 6) is -0.710. The Morgan fingerprint density at radius 3 is 2.67 bits per heavy atom. The van der Waals surface area contributed by atoms with E-state index in [9.17, 15) is 9.18 Å². The number of nitrogens with one attached hydrogen (secondary N) is 1. The Morgan fingerprint density at radius 2 is 2.19 bits per heavy atom. The molecule has 0 radical (unpaired) electrons. The fourth-order valence-corrected chi connectivity index (χ4v) is 2.91. The van der Waals surface area contributed by atoms with Gasteiger partial charge < -0.3 is 10.1 Å². The number of amidine groups is 1. The Balaban J connectivity index is 0.00000176. The molecule has 0 saturated heterocycles. The molecular formula is C19H18Cl2FN3O2. The van der Waals surface area contributed by atoms with Crippen LogP contribution in [0.1, 0.15) is 11.6 Å². The van der Waals surface area contributed by atoms with Crippen molar-refractivity contribution in [2.75, 3.05) is 20.0 Å². The van der Waals surface area contributed by atoms with Gasteiger partial charge in [-0.3, -0.25) is 9.98 Å². The smallest absolute Gasteiger partial charge is 0.338 e. The molecular weight excluding hydrogens is 392 g/mol. The number of nitrogens with zero attached hydrogens (tertiary/aromatic N) is 2. The summed E-state index contributed by atoms with van der Waals surface area (Å²) in [5.41, 5.74) is 1.54. The number of ether oxygens (including phenoxy) is 1. The van der Waals surface area contributed by atoms with Crippen LogP contribution in [-0.4, -0.2) is 37.6 Å². The molecule has 1 heterocycles. The largest absolute Gasteiger partial charge is 0.466 e. The second-order valence-corrected chi connectivity index (χ2v) is 5.68. The molecule has 0 saturated carbocycles. The summed E-state index contributed by atoms with van der Waals surface area (Å²) < 4.78 is 18.3. The Kier molecular flexibility index (Phi) is 8.73. The first-order valence-electron chi connectivity index (χ1n) is 7.56. The summed E-state index contributed by atoms with van der Waals surface area (Å²) in [4.78, 5) is 20.9. The van der Waals surface area contributed by atoms with Crippen LogP contribution < -0.4 is 5.32 Å². The minimum atomic E-state index is -0.817. The van der Waals surface area contributed by atoms with Crippen molar-refractivity contribution in [3.05, 3.63) is 58.5 Å². The molecule has 1 atom stereocenters. The highest BCUT2D eigenvalue weighted by molar-refractivity contribution is 6.46. The number of aliphatic imine (C=N–C) groups is 2. The van der Waals surface area contributed by atoms with E-state index in [2.05, 4.69) is 34.7 Å². The molecule has 0 aliphatic carbocycles. The maximum atomic E-state index is 13.4. The van der Waals surface area contributed by atoms with Crippen LogP contribution in [0.4, 0.5) is 4.39 Å². The Bertz CT molecular complexity index is 845. The molecule has 1 aliphatic heterocycles. The van der Waals surface area contributed by atoms with Crippen LogP contribution in [-0.2, 0) is 9.53 Å². The average molecular weight is 410 g/mol. The SMILES string of the molecule is C#C.C=CC(=NC)C1=NC(c2ccc(F)cc2Cl)C(C(=O)OC)=C(CCl)N1. The summed E-state index contributed by atoms with van der Waals surface area (Å²) >= 11 is 12.2. The maximum absolute atomic E-state index is 13.4. The summed E-state index contributed by atoms with van der Waals surface area (Å²) in [5, 5.41) is 3.12. The molecule has 1 N–H and O–H groups in total. The number of benzene rings is 1. The van der Waals surface area contributed by atoms with Crippen molar-refractivity contribution >= 4 is 40.7 Å². The van der Waals surface area contributed by atoms with E-state index in [1.807, 2.05) is 0 Å². The molecule has 0 amide bonds. The number of alkyl halides is 1. The highest BCUT2D eigenvalue weighted by atomic mass is 35.5. The third kappa shape index (κ3) is 4.97. The maximum Gasteiger partial charge on any atom is 0.338 e. The number of carbonyl (C=O) groups excluding carboxylic acids is 1. The lowest BCUT2D eigenvalue weighted by molar-refractivity contribution is -0.136. The first-order valence-corrected chi connectivity index (χ1v) is 8.48. The topological polar surface area (TPSA) is 63.0 Å². The standard InChI is InChI=1S/C17H16Cl2FN3O2.C2H2/c1-4-12(21-2)16-22-13(8-18)14(17(24)25-3)15(23-16)10-6-5-9(20)7-11(10)19;1-2/h4-7,15H,1,8H2,2-3H3,(H,22,23);1-2H. The molecule has 1 aliphatic rings. The van der Waals surface area contributed by atoms with Crippen LogP contribution in [0, 0.1) is 18.7 Å². The van der Waals surface area contributed by atoms with Crippen LogP contribution in [0.25, 0.3) is 0 Å². The zero-order valence-corrected chi connectivity index (χ0v) is 16.3. The zero-order valence-electron chi connectivity index (χ0n) is 14.8. The summed E-state index contributed by atoms with van der Waals surface area (Å²) in [7, 11) is 2.84. The third-order valence-electron chi connectivity index (χ3n) is 3.60. The lowest BCUT2D eigenvalue weighted by Crippen LogP contribution is -2.37. The molecule has 5 nitrogen and oxygen atoms in total. The normalized spacial score (nSPS) is 16.5. The number of hydrogen-bond acceptors (Lipinski definition) is 5. The molecule has 2 rings (SSSR count). The van der Waals surface area contributed by atoms with Gasteiger partial charge in [-0.2, -0.15) is 0 Å². The summed E-state index contributed by atoms with van der Waals surface area (Å²) in [6.07, 6.45) is 9.52. The van der Waals surface area contributed by atoms with Crippen LogP contribution >= 0.6 is 23.2 Å². The molecule has 0 fully saturated rings. The van der Waals surface area contributed by atoms with E-state index < -0.39 is 17.8 Å². The highest BCUT2D eigenvalue weighted by Gasteiger charge is 2.33. The number of methoxy groups -OCH3 is 1. The number of rotatable bonds is 5. The van der Waals surface area contributed by atoms with Gasteiger partial charge in [-0.25, -0.2) is 9.18 Å². The quantitative estimate of drug-likeness (QED) is 0.349. The van der Waals surface area contributed by atoms with E-state index in [0.29, 0.717) is 22.8 Å². The van der Waals surface area contributed by atoms with E-state index in [1.165, 1.54) is 25.3 Å². The molecule has 8 heteroatoms. The molecule has 142 valence electrons. The van der Waals surface area contributed by atoms with E-state index >= 15 is 0 Å². The van der Waals surface area contributed by atoms with Crippen molar-refractivity contribution in [2.45, 2.75) is 6.04 Å². The van der Waals surface area contributed by atoms with Crippen LogP contribution in [0.15, 0.2) is 52.1 Å². The molecule has 1 aromatic carbocycles. The number of carbonyl (C=O) groups is 1. The molecule has 0 bridgehead atoms. The van der Waals surface area contributed by atoms with Gasteiger partial charge in [0.05, 0.1) is 24.3 Å². The monoisotopic (exact) mass is 409 g/mol. The molecule has 1 unspecified atom stereocenters. The lowest BCUT2D eigenvalue weighted by atomic mass is 9.95. The van der Waals surface area contributed by atoms with Crippen LogP contribution in [0.3, 0.4) is 0 Å². The third-order valence-corrected chi connectivity index (χ3v) is 4.19. The second-order valence-electron chi connectivity index (χ2n) is 5.00. The molecule has 0 aromatic heterocycles. The minimum Gasteiger partial charge on any atom is -0.466 e. The van der Waals surface area contributed by atoms with Crippen molar-refractivity contribution in [2.24, 2.45) is 9.98 Å². The van der Waals surface area contributed by atoms with Gasteiger partial charge >= 0.3 is 5.97 Å². The Labute approximate surface area is 167 Å². The van der Waals surface area contributed by atoms with Crippen LogP contribution in [0.5, 0.6) is 0 Å². The second kappa shape index (κ2) is 10.5.